The lowest BCUT2D eigenvalue weighted by Gasteiger charge is -2.27. The fraction of sp³-hybridized carbons (Fsp3) is 0.533. The number of anilines is 1. The first-order valence-electron chi connectivity index (χ1n) is 6.89. The van der Waals surface area contributed by atoms with Gasteiger partial charge in [-0.1, -0.05) is 35.7 Å². The highest BCUT2D eigenvalue weighted by molar-refractivity contribution is 9.10. The summed E-state index contributed by atoms with van der Waals surface area (Å²) in [5, 5.41) is 3.06. The van der Waals surface area contributed by atoms with E-state index < -0.39 is 0 Å². The third kappa shape index (κ3) is 3.30. The highest BCUT2D eigenvalue weighted by Gasteiger charge is 2.32. The van der Waals surface area contributed by atoms with E-state index in [9.17, 15) is 4.79 Å². The summed E-state index contributed by atoms with van der Waals surface area (Å²) < 4.78 is 0.873. The Kier molecular flexibility index (Phi) is 4.50. The Labute approximate surface area is 123 Å². The Bertz CT molecular complexity index is 467. The van der Waals surface area contributed by atoms with Crippen molar-refractivity contribution in [1.29, 1.82) is 0 Å². The van der Waals surface area contributed by atoms with E-state index in [0.29, 0.717) is 16.7 Å². The van der Waals surface area contributed by atoms with E-state index in [0.717, 1.165) is 17.4 Å². The van der Waals surface area contributed by atoms with Gasteiger partial charge in [0.05, 0.1) is 5.56 Å². The number of hydrogen-bond acceptors (Lipinski definition) is 2. The molecule has 1 amide bonds. The van der Waals surface area contributed by atoms with Gasteiger partial charge in [0.15, 0.2) is 0 Å². The second kappa shape index (κ2) is 5.95. The van der Waals surface area contributed by atoms with Crippen molar-refractivity contribution in [1.82, 2.24) is 5.32 Å². The molecule has 4 heteroatoms. The zero-order valence-corrected chi connectivity index (χ0v) is 12.9. The van der Waals surface area contributed by atoms with Crippen LogP contribution < -0.4 is 11.1 Å². The predicted octanol–water partition coefficient (Wildman–Crippen LogP) is 3.73. The van der Waals surface area contributed by atoms with Gasteiger partial charge in [-0.3, -0.25) is 4.79 Å². The zero-order chi connectivity index (χ0) is 13.9. The Morgan fingerprint density at radius 1 is 1.42 bits per heavy atom. The van der Waals surface area contributed by atoms with E-state index >= 15 is 0 Å². The molecule has 1 aliphatic rings. The Morgan fingerprint density at radius 3 is 2.74 bits per heavy atom. The predicted molar refractivity (Wildman–Crippen MR) is 82.1 cm³/mol. The number of halogens is 1. The Balaban J connectivity index is 2.03. The summed E-state index contributed by atoms with van der Waals surface area (Å²) >= 11 is 3.37. The fourth-order valence-corrected chi connectivity index (χ4v) is 3.23. The van der Waals surface area contributed by atoms with Crippen LogP contribution in [0.15, 0.2) is 22.7 Å². The van der Waals surface area contributed by atoms with Crippen LogP contribution in [0.5, 0.6) is 0 Å². The minimum absolute atomic E-state index is 0.0708. The molecule has 104 valence electrons. The third-order valence-corrected chi connectivity index (χ3v) is 4.79. The van der Waals surface area contributed by atoms with Gasteiger partial charge in [-0.2, -0.15) is 0 Å². The summed E-state index contributed by atoms with van der Waals surface area (Å²) in [6.07, 6.45) is 6.13. The summed E-state index contributed by atoms with van der Waals surface area (Å²) in [6, 6.07) is 5.37. The number of nitrogen functional groups attached to an aromatic ring is 1. The zero-order valence-electron chi connectivity index (χ0n) is 11.3. The molecule has 2 rings (SSSR count). The number of hydrogen-bond donors (Lipinski definition) is 2. The minimum atomic E-state index is -0.0708. The summed E-state index contributed by atoms with van der Waals surface area (Å²) in [5.74, 6) is -0.0708. The average molecular weight is 325 g/mol. The van der Waals surface area contributed by atoms with Crippen LogP contribution in [0.2, 0.25) is 0 Å². The number of nitrogens with one attached hydrogen (secondary N) is 1. The van der Waals surface area contributed by atoms with Crippen molar-refractivity contribution in [3.05, 3.63) is 28.2 Å². The quantitative estimate of drug-likeness (QED) is 0.829. The van der Waals surface area contributed by atoms with Gasteiger partial charge in [-0.15, -0.1) is 0 Å². The van der Waals surface area contributed by atoms with Crippen LogP contribution in [0.1, 0.15) is 49.4 Å². The molecule has 0 bridgehead atoms. The monoisotopic (exact) mass is 324 g/mol. The van der Waals surface area contributed by atoms with Gasteiger partial charge in [0.25, 0.3) is 5.91 Å². The smallest absolute Gasteiger partial charge is 0.253 e. The molecule has 1 aromatic carbocycles. The van der Waals surface area contributed by atoms with E-state index in [1.54, 1.807) is 12.1 Å². The molecule has 1 aliphatic carbocycles. The highest BCUT2D eigenvalue weighted by Crippen LogP contribution is 2.40. The van der Waals surface area contributed by atoms with Crippen molar-refractivity contribution in [3.63, 3.8) is 0 Å². The largest absolute Gasteiger partial charge is 0.398 e. The van der Waals surface area contributed by atoms with Crippen molar-refractivity contribution >= 4 is 27.5 Å². The molecule has 3 N–H and O–H groups in total. The van der Waals surface area contributed by atoms with E-state index in [2.05, 4.69) is 28.2 Å². The van der Waals surface area contributed by atoms with Gasteiger partial charge in [-0.05, 0) is 42.9 Å². The van der Waals surface area contributed by atoms with Crippen LogP contribution in [0.4, 0.5) is 5.69 Å². The van der Waals surface area contributed by atoms with Crippen LogP contribution in [-0.4, -0.2) is 12.5 Å². The second-order valence-corrected chi connectivity index (χ2v) is 6.39. The van der Waals surface area contributed by atoms with Crippen LogP contribution in [0.25, 0.3) is 0 Å². The fourth-order valence-electron chi connectivity index (χ4n) is 2.87. The van der Waals surface area contributed by atoms with E-state index in [-0.39, 0.29) is 5.91 Å². The number of nitrogens with two attached hydrogens (primary N) is 1. The first kappa shape index (κ1) is 14.4. The van der Waals surface area contributed by atoms with Crippen LogP contribution in [0, 0.1) is 5.41 Å². The molecule has 1 aromatic rings. The number of benzene rings is 1. The van der Waals surface area contributed by atoms with Crippen LogP contribution >= 0.6 is 15.9 Å². The van der Waals surface area contributed by atoms with Gasteiger partial charge >= 0.3 is 0 Å². The second-order valence-electron chi connectivity index (χ2n) is 5.47. The SMILES string of the molecule is CCC1(CNC(=O)c2cc(Br)ccc2N)CCCC1. The van der Waals surface area contributed by atoms with E-state index in [1.165, 1.54) is 25.7 Å². The molecule has 0 unspecified atom stereocenters. The number of carbonyl (C=O) groups excluding carboxylic acids is 1. The molecule has 0 aromatic heterocycles. The van der Waals surface area contributed by atoms with Crippen molar-refractivity contribution in [3.8, 4) is 0 Å². The summed E-state index contributed by atoms with van der Waals surface area (Å²) in [6.45, 7) is 2.97. The van der Waals surface area contributed by atoms with Crippen molar-refractivity contribution in [2.24, 2.45) is 5.41 Å². The lowest BCUT2D eigenvalue weighted by atomic mass is 9.83. The standard InChI is InChI=1S/C15H21BrN2O/c1-2-15(7-3-4-8-15)10-18-14(19)12-9-11(16)5-6-13(12)17/h5-6,9H,2-4,7-8,10,17H2,1H3,(H,18,19). The van der Waals surface area contributed by atoms with Crippen molar-refractivity contribution in [2.45, 2.75) is 39.0 Å². The lowest BCUT2D eigenvalue weighted by molar-refractivity contribution is 0.0929. The lowest BCUT2D eigenvalue weighted by Crippen LogP contribution is -2.35. The third-order valence-electron chi connectivity index (χ3n) is 4.30. The Morgan fingerprint density at radius 2 is 2.11 bits per heavy atom. The number of amides is 1. The maximum Gasteiger partial charge on any atom is 0.253 e. The maximum atomic E-state index is 12.2. The Hall–Kier alpha value is -1.03. The highest BCUT2D eigenvalue weighted by atomic mass is 79.9. The van der Waals surface area contributed by atoms with Gasteiger partial charge in [-0.25, -0.2) is 0 Å². The van der Waals surface area contributed by atoms with E-state index in [1.807, 2.05) is 6.07 Å². The first-order valence-corrected chi connectivity index (χ1v) is 7.69. The minimum Gasteiger partial charge on any atom is -0.398 e. The molecule has 1 fully saturated rings. The van der Waals surface area contributed by atoms with Crippen LogP contribution in [-0.2, 0) is 0 Å². The van der Waals surface area contributed by atoms with Gasteiger partial charge in [0.2, 0.25) is 0 Å². The molecule has 0 spiro atoms. The molecule has 0 aliphatic heterocycles. The molecule has 0 radical (unpaired) electrons. The topological polar surface area (TPSA) is 55.1 Å². The molecule has 1 saturated carbocycles. The summed E-state index contributed by atoms with van der Waals surface area (Å²) in [5.41, 5.74) is 7.24. The summed E-state index contributed by atoms with van der Waals surface area (Å²) in [7, 11) is 0. The van der Waals surface area contributed by atoms with Crippen molar-refractivity contribution in [2.75, 3.05) is 12.3 Å². The number of rotatable bonds is 4. The molecule has 0 atom stereocenters. The first-order chi connectivity index (χ1) is 9.06. The maximum absolute atomic E-state index is 12.2. The normalized spacial score (nSPS) is 17.4. The number of carbonyl (C=O) groups is 1. The van der Waals surface area contributed by atoms with Gasteiger partial charge < -0.3 is 11.1 Å². The average Bonchev–Trinajstić information content (AvgIpc) is 2.88. The molecule has 0 heterocycles. The van der Waals surface area contributed by atoms with Gasteiger partial charge in [0, 0.05) is 16.7 Å². The van der Waals surface area contributed by atoms with Gasteiger partial charge in [0.1, 0.15) is 0 Å². The molecule has 3 nitrogen and oxygen atoms in total. The van der Waals surface area contributed by atoms with E-state index in [4.69, 9.17) is 5.73 Å². The molecule has 19 heavy (non-hydrogen) atoms. The molecular formula is C15H21BrN2O. The van der Waals surface area contributed by atoms with Crippen molar-refractivity contribution < 1.29 is 4.79 Å². The summed E-state index contributed by atoms with van der Waals surface area (Å²) in [4.78, 5) is 12.2. The molecular weight excluding hydrogens is 304 g/mol. The molecule has 0 saturated heterocycles. The van der Waals surface area contributed by atoms with Crippen LogP contribution in [0.3, 0.4) is 0 Å².